The van der Waals surface area contributed by atoms with E-state index in [-0.39, 0.29) is 0 Å². The molecule has 1 rings (SSSR count). The molecule has 0 aliphatic carbocycles. The van der Waals surface area contributed by atoms with Gasteiger partial charge in [0.1, 0.15) is 5.75 Å². The van der Waals surface area contributed by atoms with Crippen molar-refractivity contribution in [3.05, 3.63) is 42.2 Å². The maximum atomic E-state index is 12.2. The number of nitrogens with one attached hydrogen (secondary N) is 1. The fourth-order valence-electron chi connectivity index (χ4n) is 0.966. The molecule has 0 amide bonds. The Morgan fingerprint density at radius 2 is 1.88 bits per heavy atom. The fraction of sp³-hybridized carbons (Fsp3) is 0.182. The van der Waals surface area contributed by atoms with E-state index in [1.165, 1.54) is 18.3 Å². The third-order valence-corrected chi connectivity index (χ3v) is 1.76. The Bertz CT molecular complexity index is 396. The van der Waals surface area contributed by atoms with E-state index >= 15 is 0 Å². The lowest BCUT2D eigenvalue weighted by molar-refractivity contribution is -0.137. The van der Waals surface area contributed by atoms with E-state index in [0.717, 1.165) is 18.5 Å². The largest absolute Gasteiger partial charge is 0.446 e. The van der Waals surface area contributed by atoms with E-state index in [0.29, 0.717) is 5.75 Å². The summed E-state index contributed by atoms with van der Waals surface area (Å²) in [5.41, 5.74) is -0.711. The number of alkyl halides is 3. The molecule has 0 saturated heterocycles. The second kappa shape index (κ2) is 5.93. The van der Waals surface area contributed by atoms with Crippen LogP contribution in [0.15, 0.2) is 41.7 Å². The van der Waals surface area contributed by atoms with Gasteiger partial charge in [-0.25, -0.2) is 4.99 Å². The summed E-state index contributed by atoms with van der Waals surface area (Å²) in [6.45, 7) is 0. The zero-order valence-electron chi connectivity index (χ0n) is 9.03. The van der Waals surface area contributed by atoms with Crippen LogP contribution < -0.4 is 10.1 Å². The minimum Gasteiger partial charge on any atom is -0.446 e. The molecule has 0 heterocycles. The van der Waals surface area contributed by atoms with Gasteiger partial charge in [0.15, 0.2) is 6.40 Å². The minimum atomic E-state index is -4.33. The molecule has 0 bridgehead atoms. The van der Waals surface area contributed by atoms with Crippen LogP contribution in [-0.4, -0.2) is 13.4 Å². The Morgan fingerprint density at radius 1 is 1.24 bits per heavy atom. The summed E-state index contributed by atoms with van der Waals surface area (Å²) < 4.78 is 41.7. The van der Waals surface area contributed by atoms with Crippen molar-refractivity contribution in [2.45, 2.75) is 6.18 Å². The van der Waals surface area contributed by atoms with Crippen molar-refractivity contribution in [3.63, 3.8) is 0 Å². The summed E-state index contributed by atoms with van der Waals surface area (Å²) in [5, 5.41) is 2.72. The van der Waals surface area contributed by atoms with Crippen molar-refractivity contribution in [1.82, 2.24) is 5.32 Å². The molecule has 0 radical (unpaired) electrons. The first-order valence-electron chi connectivity index (χ1n) is 4.72. The van der Waals surface area contributed by atoms with Gasteiger partial charge in [0.2, 0.25) is 0 Å². The highest BCUT2D eigenvalue weighted by atomic mass is 19.4. The van der Waals surface area contributed by atoms with Crippen molar-refractivity contribution in [2.75, 3.05) is 7.05 Å². The number of rotatable bonds is 4. The lowest BCUT2D eigenvalue weighted by Crippen LogP contribution is -2.04. The third-order valence-electron chi connectivity index (χ3n) is 1.76. The van der Waals surface area contributed by atoms with E-state index in [9.17, 15) is 13.2 Å². The second-order valence-electron chi connectivity index (χ2n) is 3.00. The van der Waals surface area contributed by atoms with Crippen LogP contribution in [0.1, 0.15) is 5.56 Å². The number of halogens is 3. The number of ether oxygens (including phenoxy) is 1. The molecule has 0 aliphatic rings. The van der Waals surface area contributed by atoms with Crippen LogP contribution in [0, 0.1) is 0 Å². The normalized spacial score (nSPS) is 12.2. The van der Waals surface area contributed by atoms with Gasteiger partial charge in [-0.2, -0.15) is 13.2 Å². The highest BCUT2D eigenvalue weighted by Crippen LogP contribution is 2.30. The maximum absolute atomic E-state index is 12.2. The summed E-state index contributed by atoms with van der Waals surface area (Å²) in [6.07, 6.45) is -0.171. The predicted molar refractivity (Wildman–Crippen MR) is 58.8 cm³/mol. The van der Waals surface area contributed by atoms with Gasteiger partial charge in [-0.3, -0.25) is 0 Å². The van der Waals surface area contributed by atoms with Crippen molar-refractivity contribution in [1.29, 1.82) is 0 Å². The highest BCUT2D eigenvalue weighted by Gasteiger charge is 2.29. The van der Waals surface area contributed by atoms with E-state index in [4.69, 9.17) is 4.74 Å². The van der Waals surface area contributed by atoms with Gasteiger partial charge in [0.05, 0.1) is 5.56 Å². The molecule has 1 aromatic carbocycles. The topological polar surface area (TPSA) is 33.6 Å². The molecule has 17 heavy (non-hydrogen) atoms. The highest BCUT2D eigenvalue weighted by molar-refractivity contribution is 5.52. The first kappa shape index (κ1) is 13.1. The summed E-state index contributed by atoms with van der Waals surface area (Å²) in [4.78, 5) is 3.72. The first-order valence-corrected chi connectivity index (χ1v) is 4.72. The van der Waals surface area contributed by atoms with Crippen LogP contribution >= 0.6 is 0 Å². The van der Waals surface area contributed by atoms with Crippen LogP contribution in [0.4, 0.5) is 13.2 Å². The fourth-order valence-corrected chi connectivity index (χ4v) is 0.966. The lowest BCUT2D eigenvalue weighted by Gasteiger charge is -2.06. The third kappa shape index (κ3) is 4.58. The zero-order chi connectivity index (χ0) is 12.7. The Morgan fingerprint density at radius 3 is 2.41 bits per heavy atom. The molecule has 1 N–H and O–H groups in total. The van der Waals surface area contributed by atoms with Crippen LogP contribution in [0.5, 0.6) is 5.75 Å². The molecular weight excluding hydrogens is 233 g/mol. The molecule has 3 nitrogen and oxygen atoms in total. The summed E-state index contributed by atoms with van der Waals surface area (Å²) in [7, 11) is 1.71. The van der Waals surface area contributed by atoms with Gasteiger partial charge in [-0.15, -0.1) is 0 Å². The molecule has 0 spiro atoms. The SMILES string of the molecule is CN/C=C\N=C\Oc1ccc(C(F)(F)F)cc1. The van der Waals surface area contributed by atoms with Crippen molar-refractivity contribution < 1.29 is 17.9 Å². The van der Waals surface area contributed by atoms with Crippen molar-refractivity contribution >= 4 is 6.40 Å². The van der Waals surface area contributed by atoms with E-state index in [2.05, 4.69) is 10.3 Å². The molecule has 0 saturated carbocycles. The number of aliphatic imine (C=N–C) groups is 1. The molecule has 0 aromatic heterocycles. The Balaban J connectivity index is 2.57. The smallest absolute Gasteiger partial charge is 0.416 e. The Kier molecular flexibility index (Phi) is 4.56. The maximum Gasteiger partial charge on any atom is 0.416 e. The van der Waals surface area contributed by atoms with E-state index in [1.54, 1.807) is 13.2 Å². The number of benzene rings is 1. The van der Waals surface area contributed by atoms with E-state index in [1.807, 2.05) is 0 Å². The number of hydrogen-bond acceptors (Lipinski definition) is 3. The Labute approximate surface area is 96.6 Å². The van der Waals surface area contributed by atoms with Gasteiger partial charge in [0.25, 0.3) is 0 Å². The zero-order valence-corrected chi connectivity index (χ0v) is 9.03. The molecule has 1 aromatic rings. The number of nitrogens with zero attached hydrogens (tertiary/aromatic N) is 1. The van der Waals surface area contributed by atoms with Gasteiger partial charge in [-0.05, 0) is 24.3 Å². The molecule has 6 heteroatoms. The van der Waals surface area contributed by atoms with E-state index < -0.39 is 11.7 Å². The molecule has 0 aliphatic heterocycles. The Hall–Kier alpha value is -1.98. The standard InChI is InChI=1S/C11H11F3N2O/c1-15-6-7-16-8-17-10-4-2-9(3-5-10)11(12,13)14/h2-8,15H,1H3/b7-6-,16-8+. The predicted octanol–water partition coefficient (Wildman–Crippen LogP) is 2.80. The van der Waals surface area contributed by atoms with Crippen molar-refractivity contribution in [3.8, 4) is 5.75 Å². The van der Waals surface area contributed by atoms with Crippen LogP contribution in [-0.2, 0) is 6.18 Å². The van der Waals surface area contributed by atoms with Gasteiger partial charge < -0.3 is 10.1 Å². The van der Waals surface area contributed by atoms with Crippen LogP contribution in [0.25, 0.3) is 0 Å². The van der Waals surface area contributed by atoms with Gasteiger partial charge in [0, 0.05) is 19.4 Å². The average molecular weight is 244 g/mol. The summed E-state index contributed by atoms with van der Waals surface area (Å²) >= 11 is 0. The first-order chi connectivity index (χ1) is 8.04. The van der Waals surface area contributed by atoms with Gasteiger partial charge >= 0.3 is 6.18 Å². The van der Waals surface area contributed by atoms with Gasteiger partial charge in [-0.1, -0.05) is 0 Å². The molecular formula is C11H11F3N2O. The monoisotopic (exact) mass is 244 g/mol. The van der Waals surface area contributed by atoms with Crippen LogP contribution in [0.3, 0.4) is 0 Å². The summed E-state index contributed by atoms with van der Waals surface area (Å²) in [6, 6.07) is 4.37. The van der Waals surface area contributed by atoms with Crippen LogP contribution in [0.2, 0.25) is 0 Å². The second-order valence-corrected chi connectivity index (χ2v) is 3.00. The molecule has 0 fully saturated rings. The van der Waals surface area contributed by atoms with Crippen molar-refractivity contribution in [2.24, 2.45) is 4.99 Å². The average Bonchev–Trinajstić information content (AvgIpc) is 2.28. The quantitative estimate of drug-likeness (QED) is 0.652. The molecule has 0 unspecified atom stereocenters. The minimum absolute atomic E-state index is 0.291. The lowest BCUT2D eigenvalue weighted by atomic mass is 10.2. The molecule has 0 atom stereocenters. The number of hydrogen-bond donors (Lipinski definition) is 1. The summed E-state index contributed by atoms with van der Waals surface area (Å²) in [5.74, 6) is 0.291. The molecule has 92 valence electrons.